The quantitative estimate of drug-likeness (QED) is 0.556. The average molecular weight is 485 g/mol. The minimum atomic E-state index is -3.11. The first-order valence-corrected chi connectivity index (χ1v) is 12.1. The number of thiophene rings is 1. The van der Waals surface area contributed by atoms with Crippen molar-refractivity contribution in [3.63, 3.8) is 0 Å². The van der Waals surface area contributed by atoms with E-state index in [0.717, 1.165) is 26.5 Å². The summed E-state index contributed by atoms with van der Waals surface area (Å²) in [7, 11) is 0.730. The van der Waals surface area contributed by atoms with Gasteiger partial charge in [0.1, 0.15) is 10.3 Å². The van der Waals surface area contributed by atoms with E-state index in [4.69, 9.17) is 0 Å². The number of halogens is 1. The first-order chi connectivity index (χ1) is 13.2. The van der Waals surface area contributed by atoms with E-state index in [1.54, 1.807) is 13.0 Å². The lowest BCUT2D eigenvalue weighted by Gasteiger charge is -2.14. The lowest BCUT2D eigenvalue weighted by molar-refractivity contribution is 0.0960. The van der Waals surface area contributed by atoms with Gasteiger partial charge in [-0.1, -0.05) is 22.9 Å². The smallest absolute Gasteiger partial charge is 0.261 e. The number of carbonyl (C=O) groups excluding carboxylic acids is 1. The van der Waals surface area contributed by atoms with E-state index in [0.29, 0.717) is 4.88 Å². The zero-order chi connectivity index (χ0) is 20.5. The molecule has 150 valence electrons. The summed E-state index contributed by atoms with van der Waals surface area (Å²) in [6.45, 7) is 1.69. The summed E-state index contributed by atoms with van der Waals surface area (Å²) in [5, 5.41) is 2.68. The highest BCUT2D eigenvalue weighted by molar-refractivity contribution is 9.10. The van der Waals surface area contributed by atoms with Crippen LogP contribution in [0.1, 0.15) is 16.6 Å². The SMILES string of the molecule is CCS(=O)(=O)CCNC(=O)c1cc2nc(N(C)C)n(-c3ccc(Br)cc3)c2s1. The van der Waals surface area contributed by atoms with Crippen LogP contribution in [0, 0.1) is 0 Å². The van der Waals surface area contributed by atoms with Gasteiger partial charge in [0.15, 0.2) is 9.84 Å². The van der Waals surface area contributed by atoms with E-state index >= 15 is 0 Å². The first kappa shape index (κ1) is 20.8. The molecule has 2 aromatic heterocycles. The molecule has 0 fully saturated rings. The number of rotatable bonds is 7. The Morgan fingerprint density at radius 3 is 2.57 bits per heavy atom. The van der Waals surface area contributed by atoms with E-state index < -0.39 is 9.84 Å². The molecule has 1 N–H and O–H groups in total. The molecule has 1 amide bonds. The van der Waals surface area contributed by atoms with Gasteiger partial charge in [-0.3, -0.25) is 9.36 Å². The first-order valence-electron chi connectivity index (χ1n) is 8.66. The topological polar surface area (TPSA) is 84.3 Å². The minimum Gasteiger partial charge on any atom is -0.350 e. The molecule has 0 aliphatic rings. The van der Waals surface area contributed by atoms with Gasteiger partial charge in [-0.25, -0.2) is 13.4 Å². The normalized spacial score (nSPS) is 11.7. The van der Waals surface area contributed by atoms with Gasteiger partial charge in [0.2, 0.25) is 5.95 Å². The molecular weight excluding hydrogens is 464 g/mol. The number of aromatic nitrogens is 2. The summed E-state index contributed by atoms with van der Waals surface area (Å²) < 4.78 is 26.1. The third kappa shape index (κ3) is 4.39. The molecule has 0 radical (unpaired) electrons. The molecule has 0 aliphatic carbocycles. The van der Waals surface area contributed by atoms with Crippen molar-refractivity contribution < 1.29 is 13.2 Å². The predicted molar refractivity (Wildman–Crippen MR) is 118 cm³/mol. The Hall–Kier alpha value is -1.91. The van der Waals surface area contributed by atoms with Crippen LogP contribution in [0.25, 0.3) is 16.0 Å². The molecule has 0 saturated heterocycles. The molecule has 0 bridgehead atoms. The molecular formula is C18H21BrN4O3S2. The van der Waals surface area contributed by atoms with E-state index in [2.05, 4.69) is 26.2 Å². The van der Waals surface area contributed by atoms with E-state index in [1.807, 2.05) is 47.8 Å². The number of hydrogen-bond donors (Lipinski definition) is 1. The third-order valence-corrected chi connectivity index (χ3v) is 7.51. The van der Waals surface area contributed by atoms with Gasteiger partial charge in [0.25, 0.3) is 5.91 Å². The molecule has 10 heteroatoms. The monoisotopic (exact) mass is 484 g/mol. The number of benzene rings is 1. The molecule has 0 saturated carbocycles. The zero-order valence-corrected chi connectivity index (χ0v) is 19.0. The molecule has 0 aliphatic heterocycles. The van der Waals surface area contributed by atoms with Crippen molar-refractivity contribution in [1.82, 2.24) is 14.9 Å². The fraction of sp³-hybridized carbons (Fsp3) is 0.333. The third-order valence-electron chi connectivity index (χ3n) is 4.16. The van der Waals surface area contributed by atoms with E-state index in [-0.39, 0.29) is 24.0 Å². The van der Waals surface area contributed by atoms with E-state index in [9.17, 15) is 13.2 Å². The van der Waals surface area contributed by atoms with Crippen LogP contribution in [-0.4, -0.2) is 56.0 Å². The van der Waals surface area contributed by atoms with Crippen molar-refractivity contribution in [3.8, 4) is 5.69 Å². The summed E-state index contributed by atoms with van der Waals surface area (Å²) in [6, 6.07) is 9.61. The maximum atomic E-state index is 12.4. The molecule has 0 atom stereocenters. The van der Waals surface area contributed by atoms with Crippen LogP contribution in [-0.2, 0) is 9.84 Å². The Morgan fingerprint density at radius 1 is 1.29 bits per heavy atom. The average Bonchev–Trinajstić information content (AvgIpc) is 3.20. The van der Waals surface area contributed by atoms with Crippen molar-refractivity contribution >= 4 is 59.3 Å². The van der Waals surface area contributed by atoms with Crippen LogP contribution < -0.4 is 10.2 Å². The van der Waals surface area contributed by atoms with Crippen molar-refractivity contribution in [2.45, 2.75) is 6.92 Å². The molecule has 28 heavy (non-hydrogen) atoms. The highest BCUT2D eigenvalue weighted by Gasteiger charge is 2.20. The van der Waals surface area contributed by atoms with Crippen molar-refractivity contribution in [2.75, 3.05) is 37.0 Å². The number of nitrogens with zero attached hydrogens (tertiary/aromatic N) is 3. The largest absolute Gasteiger partial charge is 0.350 e. The van der Waals surface area contributed by atoms with Crippen LogP contribution in [0.3, 0.4) is 0 Å². The fourth-order valence-electron chi connectivity index (χ4n) is 2.65. The van der Waals surface area contributed by atoms with Crippen molar-refractivity contribution in [3.05, 3.63) is 39.7 Å². The zero-order valence-electron chi connectivity index (χ0n) is 15.8. The van der Waals surface area contributed by atoms with Crippen LogP contribution in [0.5, 0.6) is 0 Å². The lowest BCUT2D eigenvalue weighted by atomic mass is 10.3. The Morgan fingerprint density at radius 2 is 1.96 bits per heavy atom. The number of nitrogens with one attached hydrogen (secondary N) is 1. The summed E-state index contributed by atoms with van der Waals surface area (Å²) in [4.78, 5) is 20.4. The summed E-state index contributed by atoms with van der Waals surface area (Å²) in [5.74, 6) is 0.488. The molecule has 1 aromatic carbocycles. The number of carbonyl (C=O) groups is 1. The van der Waals surface area contributed by atoms with Gasteiger partial charge in [-0.2, -0.15) is 0 Å². The summed E-state index contributed by atoms with van der Waals surface area (Å²) in [6.07, 6.45) is 0. The van der Waals surface area contributed by atoms with Crippen LogP contribution in [0.2, 0.25) is 0 Å². The number of amides is 1. The number of sulfone groups is 1. The molecule has 3 aromatic rings. The van der Waals surface area contributed by atoms with E-state index in [1.165, 1.54) is 11.3 Å². The van der Waals surface area contributed by atoms with Gasteiger partial charge in [-0.15, -0.1) is 11.3 Å². The highest BCUT2D eigenvalue weighted by atomic mass is 79.9. The Balaban J connectivity index is 1.91. The molecule has 0 spiro atoms. The Bertz CT molecular complexity index is 1100. The van der Waals surface area contributed by atoms with Gasteiger partial charge < -0.3 is 10.2 Å². The van der Waals surface area contributed by atoms with Gasteiger partial charge in [0, 0.05) is 36.6 Å². The summed E-state index contributed by atoms with van der Waals surface area (Å²) in [5.41, 5.74) is 1.67. The van der Waals surface area contributed by atoms with Gasteiger partial charge in [-0.05, 0) is 30.3 Å². The lowest BCUT2D eigenvalue weighted by Crippen LogP contribution is -2.29. The molecule has 7 nitrogen and oxygen atoms in total. The number of fused-ring (bicyclic) bond motifs is 1. The number of hydrogen-bond acceptors (Lipinski definition) is 6. The molecule has 0 unspecified atom stereocenters. The maximum Gasteiger partial charge on any atom is 0.261 e. The highest BCUT2D eigenvalue weighted by Crippen LogP contribution is 2.33. The standard InChI is InChI=1S/C18H21BrN4O3S2/c1-4-28(25,26)10-9-20-16(24)15-11-14-17(27-15)23(18(21-14)22(2)3)13-7-5-12(19)6-8-13/h5-8,11H,4,9-10H2,1-3H3,(H,20,24). The van der Waals surface area contributed by atoms with Crippen molar-refractivity contribution in [2.24, 2.45) is 0 Å². The van der Waals surface area contributed by atoms with Gasteiger partial charge in [0.05, 0.1) is 10.6 Å². The minimum absolute atomic E-state index is 0.0612. The summed E-state index contributed by atoms with van der Waals surface area (Å²) >= 11 is 4.78. The number of anilines is 1. The fourth-order valence-corrected chi connectivity index (χ4v) is 4.64. The predicted octanol–water partition coefficient (Wildman–Crippen LogP) is 3.08. The second-order valence-corrected chi connectivity index (χ2v) is 10.8. The number of imidazole rings is 1. The second kappa shape index (κ2) is 8.22. The Labute approximate surface area is 176 Å². The molecule has 2 heterocycles. The Kier molecular flexibility index (Phi) is 6.11. The second-order valence-electron chi connectivity index (χ2n) is 6.41. The van der Waals surface area contributed by atoms with Crippen LogP contribution in [0.4, 0.5) is 5.95 Å². The van der Waals surface area contributed by atoms with Gasteiger partial charge >= 0.3 is 0 Å². The maximum absolute atomic E-state index is 12.4. The molecule has 3 rings (SSSR count). The van der Waals surface area contributed by atoms with Crippen LogP contribution >= 0.6 is 27.3 Å². The van der Waals surface area contributed by atoms with Crippen LogP contribution in [0.15, 0.2) is 34.8 Å². The van der Waals surface area contributed by atoms with Crippen molar-refractivity contribution in [1.29, 1.82) is 0 Å².